The maximum Gasteiger partial charge on any atom is 0.338 e. The zero-order valence-electron chi connectivity index (χ0n) is 11.9. The summed E-state index contributed by atoms with van der Waals surface area (Å²) in [5, 5.41) is 13.9. The van der Waals surface area contributed by atoms with E-state index in [4.69, 9.17) is 4.74 Å². The van der Waals surface area contributed by atoms with E-state index in [-0.39, 0.29) is 12.6 Å². The molecule has 1 N–H and O–H groups in total. The summed E-state index contributed by atoms with van der Waals surface area (Å²) in [6.07, 6.45) is 0. The first kappa shape index (κ1) is 14.3. The van der Waals surface area contributed by atoms with Crippen LogP contribution >= 0.6 is 0 Å². The highest BCUT2D eigenvalue weighted by molar-refractivity contribution is 5.90. The lowest BCUT2D eigenvalue weighted by Crippen LogP contribution is -2.07. The van der Waals surface area contributed by atoms with Crippen molar-refractivity contribution in [2.45, 2.75) is 27.4 Å². The summed E-state index contributed by atoms with van der Waals surface area (Å²) in [5.74, 6) is -0.361. The molecular weight excluding hydrogens is 256 g/mol. The number of ether oxygens (including phenoxy) is 1. The van der Waals surface area contributed by atoms with Gasteiger partial charge >= 0.3 is 5.97 Å². The van der Waals surface area contributed by atoms with Gasteiger partial charge in [0, 0.05) is 0 Å². The van der Waals surface area contributed by atoms with Crippen LogP contribution in [0.25, 0.3) is 5.69 Å². The minimum absolute atomic E-state index is 0.101. The van der Waals surface area contributed by atoms with Gasteiger partial charge in [-0.05, 0) is 44.5 Å². The molecule has 0 aliphatic rings. The van der Waals surface area contributed by atoms with Gasteiger partial charge in [-0.15, -0.1) is 0 Å². The summed E-state index contributed by atoms with van der Waals surface area (Å²) in [7, 11) is 0. The van der Waals surface area contributed by atoms with Gasteiger partial charge in [-0.2, -0.15) is 5.10 Å². The number of esters is 1. The quantitative estimate of drug-likeness (QED) is 0.868. The van der Waals surface area contributed by atoms with Crippen molar-refractivity contribution in [1.29, 1.82) is 0 Å². The SMILES string of the molecule is CCOC(=O)c1cccc(-n2nc(C)c(C)c2CO)c1. The van der Waals surface area contributed by atoms with E-state index in [1.807, 2.05) is 19.9 Å². The number of aromatic nitrogens is 2. The molecule has 2 rings (SSSR count). The second-order valence-corrected chi connectivity index (χ2v) is 4.50. The molecule has 0 aliphatic carbocycles. The van der Waals surface area contributed by atoms with Crippen molar-refractivity contribution < 1.29 is 14.6 Å². The highest BCUT2D eigenvalue weighted by Gasteiger charge is 2.14. The van der Waals surface area contributed by atoms with Crippen LogP contribution in [-0.2, 0) is 11.3 Å². The molecule has 0 saturated heterocycles. The van der Waals surface area contributed by atoms with E-state index in [0.29, 0.717) is 12.2 Å². The van der Waals surface area contributed by atoms with Crippen molar-refractivity contribution in [1.82, 2.24) is 9.78 Å². The first-order valence-electron chi connectivity index (χ1n) is 6.52. The number of aryl methyl sites for hydroxylation is 1. The summed E-state index contributed by atoms with van der Waals surface area (Å²) in [6.45, 7) is 5.81. The Bertz CT molecular complexity index is 632. The summed E-state index contributed by atoms with van der Waals surface area (Å²) in [5.41, 5.74) is 3.74. The summed E-state index contributed by atoms with van der Waals surface area (Å²) < 4.78 is 6.65. The number of aliphatic hydroxyl groups excluding tert-OH is 1. The van der Waals surface area contributed by atoms with E-state index in [1.54, 1.807) is 29.8 Å². The number of benzene rings is 1. The fourth-order valence-corrected chi connectivity index (χ4v) is 2.03. The average molecular weight is 274 g/mol. The first-order chi connectivity index (χ1) is 9.58. The van der Waals surface area contributed by atoms with Crippen LogP contribution in [0.4, 0.5) is 0 Å². The number of hydrogen-bond donors (Lipinski definition) is 1. The highest BCUT2D eigenvalue weighted by Crippen LogP contribution is 2.19. The van der Waals surface area contributed by atoms with Crippen molar-refractivity contribution in [3.63, 3.8) is 0 Å². The molecule has 1 aromatic heterocycles. The molecule has 1 aromatic carbocycles. The Balaban J connectivity index is 2.46. The van der Waals surface area contributed by atoms with Crippen LogP contribution in [0.15, 0.2) is 24.3 Å². The molecule has 0 spiro atoms. The maximum atomic E-state index is 11.8. The molecule has 2 aromatic rings. The summed E-state index contributed by atoms with van der Waals surface area (Å²) in [6, 6.07) is 7.02. The summed E-state index contributed by atoms with van der Waals surface area (Å²) in [4.78, 5) is 11.8. The van der Waals surface area contributed by atoms with Gasteiger partial charge in [-0.25, -0.2) is 9.48 Å². The number of carbonyl (C=O) groups excluding carboxylic acids is 1. The van der Waals surface area contributed by atoms with Crippen LogP contribution in [0, 0.1) is 13.8 Å². The molecule has 0 amide bonds. The molecule has 5 heteroatoms. The number of carbonyl (C=O) groups is 1. The molecular formula is C15H18N2O3. The minimum Gasteiger partial charge on any atom is -0.462 e. The second kappa shape index (κ2) is 5.88. The topological polar surface area (TPSA) is 64.4 Å². The van der Waals surface area contributed by atoms with E-state index >= 15 is 0 Å². The maximum absolute atomic E-state index is 11.8. The van der Waals surface area contributed by atoms with E-state index in [1.165, 1.54) is 0 Å². The van der Waals surface area contributed by atoms with Crippen LogP contribution in [0.5, 0.6) is 0 Å². The third-order valence-corrected chi connectivity index (χ3v) is 3.23. The lowest BCUT2D eigenvalue weighted by molar-refractivity contribution is 0.0526. The van der Waals surface area contributed by atoms with Gasteiger partial charge in [0.25, 0.3) is 0 Å². The van der Waals surface area contributed by atoms with Gasteiger partial charge in [-0.3, -0.25) is 0 Å². The zero-order valence-corrected chi connectivity index (χ0v) is 11.9. The lowest BCUT2D eigenvalue weighted by Gasteiger charge is -2.08. The molecule has 0 saturated carbocycles. The fraction of sp³-hybridized carbons (Fsp3) is 0.333. The van der Waals surface area contributed by atoms with Crippen molar-refractivity contribution in [2.24, 2.45) is 0 Å². The number of aliphatic hydroxyl groups is 1. The largest absolute Gasteiger partial charge is 0.462 e. The molecule has 1 heterocycles. The Labute approximate surface area is 117 Å². The zero-order chi connectivity index (χ0) is 14.7. The summed E-state index contributed by atoms with van der Waals surface area (Å²) >= 11 is 0. The first-order valence-corrected chi connectivity index (χ1v) is 6.52. The lowest BCUT2D eigenvalue weighted by atomic mass is 10.2. The number of hydrogen-bond acceptors (Lipinski definition) is 4. The van der Waals surface area contributed by atoms with Gasteiger partial charge in [0.2, 0.25) is 0 Å². The monoisotopic (exact) mass is 274 g/mol. The van der Waals surface area contributed by atoms with Crippen molar-refractivity contribution in [3.05, 3.63) is 46.8 Å². The van der Waals surface area contributed by atoms with Crippen LogP contribution in [-0.4, -0.2) is 27.5 Å². The Hall–Kier alpha value is -2.14. The van der Waals surface area contributed by atoms with Crippen LogP contribution in [0.2, 0.25) is 0 Å². The standard InChI is InChI=1S/C15H18N2O3/c1-4-20-15(19)12-6-5-7-13(8-12)17-14(9-18)10(2)11(3)16-17/h5-8,18H,4,9H2,1-3H3. The van der Waals surface area contributed by atoms with Gasteiger partial charge < -0.3 is 9.84 Å². The normalized spacial score (nSPS) is 10.6. The Kier molecular flexibility index (Phi) is 4.20. The van der Waals surface area contributed by atoms with E-state index in [2.05, 4.69) is 5.10 Å². The van der Waals surface area contributed by atoms with Crippen molar-refractivity contribution in [3.8, 4) is 5.69 Å². The average Bonchev–Trinajstić information content (AvgIpc) is 2.75. The molecule has 0 atom stereocenters. The molecule has 5 nitrogen and oxygen atoms in total. The van der Waals surface area contributed by atoms with Gasteiger partial charge in [0.15, 0.2) is 0 Å². The van der Waals surface area contributed by atoms with Crippen molar-refractivity contribution in [2.75, 3.05) is 6.61 Å². The smallest absolute Gasteiger partial charge is 0.338 e. The molecule has 0 radical (unpaired) electrons. The molecule has 0 bridgehead atoms. The van der Waals surface area contributed by atoms with Gasteiger partial charge in [0.1, 0.15) is 0 Å². The predicted octanol–water partition coefficient (Wildman–Crippen LogP) is 2.16. The van der Waals surface area contributed by atoms with Crippen LogP contribution in [0.3, 0.4) is 0 Å². The Morgan fingerprint density at radius 3 is 2.80 bits per heavy atom. The molecule has 0 unspecified atom stereocenters. The molecule has 0 fully saturated rings. The highest BCUT2D eigenvalue weighted by atomic mass is 16.5. The predicted molar refractivity (Wildman–Crippen MR) is 74.9 cm³/mol. The van der Waals surface area contributed by atoms with E-state index in [0.717, 1.165) is 22.6 Å². The molecule has 0 aliphatic heterocycles. The van der Waals surface area contributed by atoms with Crippen LogP contribution in [0.1, 0.15) is 34.2 Å². The number of rotatable bonds is 4. The number of nitrogens with zero attached hydrogens (tertiary/aromatic N) is 2. The van der Waals surface area contributed by atoms with Gasteiger partial charge in [-0.1, -0.05) is 6.07 Å². The van der Waals surface area contributed by atoms with Crippen LogP contribution < -0.4 is 0 Å². The molecule has 20 heavy (non-hydrogen) atoms. The Morgan fingerprint density at radius 1 is 1.40 bits per heavy atom. The fourth-order valence-electron chi connectivity index (χ4n) is 2.03. The van der Waals surface area contributed by atoms with Crippen molar-refractivity contribution >= 4 is 5.97 Å². The molecule has 106 valence electrons. The van der Waals surface area contributed by atoms with E-state index in [9.17, 15) is 9.90 Å². The third-order valence-electron chi connectivity index (χ3n) is 3.23. The second-order valence-electron chi connectivity index (χ2n) is 4.50. The van der Waals surface area contributed by atoms with E-state index < -0.39 is 0 Å². The van der Waals surface area contributed by atoms with Gasteiger partial charge in [0.05, 0.1) is 35.9 Å². The minimum atomic E-state index is -0.361. The Morgan fingerprint density at radius 2 is 2.15 bits per heavy atom. The third kappa shape index (κ3) is 2.58.